The fourth-order valence-corrected chi connectivity index (χ4v) is 3.31. The topological polar surface area (TPSA) is 82.4 Å². The van der Waals surface area contributed by atoms with E-state index in [2.05, 4.69) is 24.3 Å². The molecule has 0 aliphatic carbocycles. The summed E-state index contributed by atoms with van der Waals surface area (Å²) in [6.07, 6.45) is 5.93. The van der Waals surface area contributed by atoms with E-state index in [0.29, 0.717) is 25.3 Å². The monoisotopic (exact) mass is 415 g/mol. The molecular formula is C23H33N3O4. The molecule has 1 heterocycles. The molecule has 0 radical (unpaired) electrons. The van der Waals surface area contributed by atoms with Crippen LogP contribution in [0.3, 0.4) is 0 Å². The van der Waals surface area contributed by atoms with Crippen molar-refractivity contribution in [1.82, 2.24) is 9.78 Å². The van der Waals surface area contributed by atoms with Crippen LogP contribution in [0.15, 0.2) is 29.2 Å². The molecule has 0 aliphatic heterocycles. The van der Waals surface area contributed by atoms with Crippen molar-refractivity contribution in [2.24, 2.45) is 0 Å². The first-order chi connectivity index (χ1) is 14.5. The van der Waals surface area contributed by atoms with Crippen LogP contribution < -0.4 is 15.6 Å². The maximum atomic E-state index is 12.5. The first-order valence-corrected chi connectivity index (χ1v) is 10.7. The van der Waals surface area contributed by atoms with Crippen molar-refractivity contribution in [3.63, 3.8) is 0 Å². The molecule has 7 nitrogen and oxygen atoms in total. The molecule has 30 heavy (non-hydrogen) atoms. The zero-order valence-electron chi connectivity index (χ0n) is 18.5. The molecule has 1 aromatic carbocycles. The Labute approximate surface area is 178 Å². The molecule has 1 N–H and O–H groups in total. The molecule has 0 saturated carbocycles. The summed E-state index contributed by atoms with van der Waals surface area (Å²) < 4.78 is 12.3. The van der Waals surface area contributed by atoms with Gasteiger partial charge < -0.3 is 14.8 Å². The molecule has 0 aliphatic rings. The van der Waals surface area contributed by atoms with Crippen molar-refractivity contribution < 1.29 is 14.3 Å². The van der Waals surface area contributed by atoms with Gasteiger partial charge in [-0.25, -0.2) is 9.48 Å². The fraction of sp³-hybridized carbons (Fsp3) is 0.522. The van der Waals surface area contributed by atoms with Crippen LogP contribution in [0.5, 0.6) is 5.75 Å². The van der Waals surface area contributed by atoms with E-state index in [9.17, 15) is 9.59 Å². The van der Waals surface area contributed by atoms with Gasteiger partial charge in [0.15, 0.2) is 0 Å². The predicted molar refractivity (Wildman–Crippen MR) is 119 cm³/mol. The molecule has 7 heteroatoms. The Kier molecular flexibility index (Phi) is 9.38. The number of ether oxygens (including phenoxy) is 2. The second kappa shape index (κ2) is 12.0. The van der Waals surface area contributed by atoms with E-state index in [1.54, 1.807) is 12.3 Å². The van der Waals surface area contributed by atoms with Crippen molar-refractivity contribution in [3.8, 4) is 5.75 Å². The number of rotatable bonds is 12. The fourth-order valence-electron chi connectivity index (χ4n) is 3.31. The number of nitrogens with one attached hydrogen (secondary N) is 1. The first kappa shape index (κ1) is 23.4. The highest BCUT2D eigenvalue weighted by Gasteiger charge is 2.11. The number of aryl methyl sites for hydroxylation is 2. The van der Waals surface area contributed by atoms with E-state index in [-0.39, 0.29) is 11.5 Å². The molecule has 2 rings (SSSR count). The van der Waals surface area contributed by atoms with E-state index in [0.717, 1.165) is 54.7 Å². The Hall–Kier alpha value is -2.83. The van der Waals surface area contributed by atoms with Gasteiger partial charge in [-0.1, -0.05) is 26.7 Å². The molecule has 0 unspecified atom stereocenters. The summed E-state index contributed by atoms with van der Waals surface area (Å²) in [5, 5.41) is 7.55. The van der Waals surface area contributed by atoms with E-state index in [1.165, 1.54) is 11.8 Å². The van der Waals surface area contributed by atoms with Gasteiger partial charge in [-0.15, -0.1) is 0 Å². The van der Waals surface area contributed by atoms with Crippen LogP contribution in [-0.4, -0.2) is 36.0 Å². The molecule has 0 amide bonds. The summed E-state index contributed by atoms with van der Waals surface area (Å²) in [4.78, 5) is 24.2. The molecule has 0 saturated heterocycles. The summed E-state index contributed by atoms with van der Waals surface area (Å²) in [7, 11) is 1.38. The third kappa shape index (κ3) is 6.08. The maximum absolute atomic E-state index is 12.5. The van der Waals surface area contributed by atoms with Crippen LogP contribution in [0.25, 0.3) is 0 Å². The number of esters is 1. The third-order valence-corrected chi connectivity index (χ3v) is 4.84. The molecule has 0 spiro atoms. The summed E-state index contributed by atoms with van der Waals surface area (Å²) >= 11 is 0. The highest BCUT2D eigenvalue weighted by Crippen LogP contribution is 2.22. The van der Waals surface area contributed by atoms with Crippen molar-refractivity contribution in [2.75, 3.05) is 25.6 Å². The van der Waals surface area contributed by atoms with E-state index >= 15 is 0 Å². The lowest BCUT2D eigenvalue weighted by molar-refractivity contribution is 0.0600. The van der Waals surface area contributed by atoms with Crippen molar-refractivity contribution in [1.29, 1.82) is 0 Å². The maximum Gasteiger partial charge on any atom is 0.337 e. The third-order valence-electron chi connectivity index (χ3n) is 4.84. The Morgan fingerprint density at radius 3 is 2.60 bits per heavy atom. The van der Waals surface area contributed by atoms with E-state index in [4.69, 9.17) is 9.47 Å². The smallest absolute Gasteiger partial charge is 0.337 e. The lowest BCUT2D eigenvalue weighted by atomic mass is 10.1. The van der Waals surface area contributed by atoms with Crippen LogP contribution in [0.4, 0.5) is 5.69 Å². The largest absolute Gasteiger partial charge is 0.493 e. The Morgan fingerprint density at radius 2 is 1.93 bits per heavy atom. The zero-order chi connectivity index (χ0) is 21.9. The summed E-state index contributed by atoms with van der Waals surface area (Å²) in [5.74, 6) is 0.452. The number of aromatic nitrogens is 2. The average molecular weight is 416 g/mol. The van der Waals surface area contributed by atoms with Gasteiger partial charge in [-0.05, 0) is 49.9 Å². The van der Waals surface area contributed by atoms with Crippen LogP contribution in [0, 0.1) is 0 Å². The van der Waals surface area contributed by atoms with Gasteiger partial charge in [0.1, 0.15) is 5.75 Å². The van der Waals surface area contributed by atoms with Gasteiger partial charge in [-0.3, -0.25) is 4.79 Å². The van der Waals surface area contributed by atoms with Gasteiger partial charge in [-0.2, -0.15) is 5.10 Å². The molecule has 2 aromatic rings. The number of anilines is 1. The molecular weight excluding hydrogens is 382 g/mol. The number of benzene rings is 1. The number of carbonyl (C=O) groups excluding carboxylic acids is 1. The van der Waals surface area contributed by atoms with E-state index in [1.807, 2.05) is 19.1 Å². The number of nitrogens with zero attached hydrogens (tertiary/aromatic N) is 2. The highest BCUT2D eigenvalue weighted by molar-refractivity contribution is 5.89. The minimum atomic E-state index is -0.343. The molecule has 164 valence electrons. The second-order valence-electron chi connectivity index (χ2n) is 7.10. The standard InChI is InChI=1S/C23H33N3O4/c1-5-9-17-15-18(23(28)29-4)11-12-21(17)30-14-8-13-24-20-16-25-26(7-3)22(27)19(20)10-6-2/h11-12,15-16,24H,5-10,13-14H2,1-4H3. The average Bonchev–Trinajstić information content (AvgIpc) is 2.76. The Morgan fingerprint density at radius 1 is 1.17 bits per heavy atom. The van der Waals surface area contributed by atoms with Crippen LogP contribution in [0.2, 0.25) is 0 Å². The van der Waals surface area contributed by atoms with Crippen molar-refractivity contribution in [2.45, 2.75) is 59.4 Å². The lowest BCUT2D eigenvalue weighted by Gasteiger charge is -2.14. The van der Waals surface area contributed by atoms with Crippen molar-refractivity contribution >= 4 is 11.7 Å². The molecule has 0 atom stereocenters. The highest BCUT2D eigenvalue weighted by atomic mass is 16.5. The van der Waals surface area contributed by atoms with E-state index < -0.39 is 0 Å². The van der Waals surface area contributed by atoms with Crippen molar-refractivity contribution in [3.05, 3.63) is 51.4 Å². The summed E-state index contributed by atoms with van der Waals surface area (Å²) in [6.45, 7) is 7.85. The normalized spacial score (nSPS) is 10.7. The number of hydrogen-bond donors (Lipinski definition) is 1. The zero-order valence-corrected chi connectivity index (χ0v) is 18.5. The van der Waals surface area contributed by atoms with Crippen LogP contribution in [0.1, 0.15) is 61.5 Å². The summed E-state index contributed by atoms with van der Waals surface area (Å²) in [5.41, 5.74) is 3.12. The molecule has 0 bridgehead atoms. The minimum absolute atomic E-state index is 0.0181. The van der Waals surface area contributed by atoms with Gasteiger partial charge in [0.2, 0.25) is 0 Å². The van der Waals surface area contributed by atoms with Gasteiger partial charge in [0.25, 0.3) is 5.56 Å². The number of methoxy groups -OCH3 is 1. The SMILES string of the molecule is CCCc1cc(C(=O)OC)ccc1OCCCNc1cnn(CC)c(=O)c1CCC. The van der Waals surface area contributed by atoms with Gasteiger partial charge in [0.05, 0.1) is 31.2 Å². The lowest BCUT2D eigenvalue weighted by Crippen LogP contribution is -2.27. The Balaban J connectivity index is 1.95. The van der Waals surface area contributed by atoms with Crippen LogP contribution in [-0.2, 0) is 24.1 Å². The number of hydrogen-bond acceptors (Lipinski definition) is 6. The first-order valence-electron chi connectivity index (χ1n) is 10.7. The quantitative estimate of drug-likeness (QED) is 0.419. The molecule has 0 fully saturated rings. The second-order valence-corrected chi connectivity index (χ2v) is 7.10. The summed E-state index contributed by atoms with van der Waals surface area (Å²) in [6, 6.07) is 5.40. The van der Waals surface area contributed by atoms with Crippen LogP contribution >= 0.6 is 0 Å². The van der Waals surface area contributed by atoms with Gasteiger partial charge in [0, 0.05) is 18.7 Å². The predicted octanol–water partition coefficient (Wildman–Crippen LogP) is 3.84. The molecule has 1 aromatic heterocycles. The number of carbonyl (C=O) groups is 1. The Bertz CT molecular complexity index is 893. The van der Waals surface area contributed by atoms with Gasteiger partial charge >= 0.3 is 5.97 Å². The minimum Gasteiger partial charge on any atom is -0.493 e.